The molecule has 0 aliphatic carbocycles. The van der Waals surface area contributed by atoms with E-state index in [0.29, 0.717) is 29.7 Å². The topological polar surface area (TPSA) is 85.2 Å². The Morgan fingerprint density at radius 2 is 2.23 bits per heavy atom. The van der Waals surface area contributed by atoms with Crippen LogP contribution in [-0.4, -0.2) is 40.1 Å². The van der Waals surface area contributed by atoms with Crippen molar-refractivity contribution in [2.45, 2.75) is 26.3 Å². The zero-order valence-electron chi connectivity index (χ0n) is 12.6. The molecule has 2 N–H and O–H groups in total. The molecule has 0 saturated carbocycles. The highest BCUT2D eigenvalue weighted by molar-refractivity contribution is 6.30. The van der Waals surface area contributed by atoms with Gasteiger partial charge in [-0.1, -0.05) is 28.9 Å². The van der Waals surface area contributed by atoms with Crippen LogP contribution in [0.2, 0.25) is 5.02 Å². The van der Waals surface area contributed by atoms with Crippen molar-refractivity contribution in [2.75, 3.05) is 13.1 Å². The quantitative estimate of drug-likeness (QED) is 0.844. The minimum atomic E-state index is -0.348. The molecule has 7 heteroatoms. The Bertz CT molecular complexity index is 642. The molecule has 0 bridgehead atoms. The minimum absolute atomic E-state index is 0.211. The number of rotatable bonds is 7. The predicted octanol–water partition coefficient (Wildman–Crippen LogP) is 2.13. The summed E-state index contributed by atoms with van der Waals surface area (Å²) < 4.78 is 5.25. The average Bonchev–Trinajstić information content (AvgIpc) is 2.91. The number of aromatic nitrogens is 2. The van der Waals surface area contributed by atoms with Gasteiger partial charge in [-0.3, -0.25) is 9.69 Å². The van der Waals surface area contributed by atoms with Crippen LogP contribution >= 0.6 is 11.6 Å². The minimum Gasteiger partial charge on any atom is -0.369 e. The molecular weight excluding hydrogens is 304 g/mol. The van der Waals surface area contributed by atoms with Gasteiger partial charge in [0.05, 0.1) is 6.54 Å². The fourth-order valence-electron chi connectivity index (χ4n) is 2.06. The maximum Gasteiger partial charge on any atom is 0.231 e. The van der Waals surface area contributed by atoms with Crippen LogP contribution in [0.1, 0.15) is 19.7 Å². The molecule has 1 amide bonds. The van der Waals surface area contributed by atoms with E-state index < -0.39 is 0 Å². The van der Waals surface area contributed by atoms with Crippen LogP contribution in [0.15, 0.2) is 28.8 Å². The third-order valence-electron chi connectivity index (χ3n) is 3.25. The number of halogens is 1. The van der Waals surface area contributed by atoms with Crippen LogP contribution in [0.5, 0.6) is 0 Å². The summed E-state index contributed by atoms with van der Waals surface area (Å²) in [6, 6.07) is 7.48. The van der Waals surface area contributed by atoms with E-state index in [9.17, 15) is 4.79 Å². The monoisotopic (exact) mass is 322 g/mol. The molecule has 0 atom stereocenters. The van der Waals surface area contributed by atoms with Gasteiger partial charge in [0.15, 0.2) is 0 Å². The lowest BCUT2D eigenvalue weighted by molar-refractivity contribution is -0.119. The Kier molecular flexibility index (Phi) is 5.51. The molecule has 0 unspecified atom stereocenters. The zero-order chi connectivity index (χ0) is 16.1. The highest BCUT2D eigenvalue weighted by Gasteiger charge is 2.15. The lowest BCUT2D eigenvalue weighted by Crippen LogP contribution is -2.39. The number of nitrogens with two attached hydrogens (primary N) is 1. The van der Waals surface area contributed by atoms with E-state index in [1.54, 1.807) is 12.1 Å². The molecule has 0 radical (unpaired) electrons. The van der Waals surface area contributed by atoms with E-state index >= 15 is 0 Å². The lowest BCUT2D eigenvalue weighted by atomic mass is 10.2. The van der Waals surface area contributed by atoms with E-state index in [-0.39, 0.29) is 18.5 Å². The molecule has 1 aromatic carbocycles. The summed E-state index contributed by atoms with van der Waals surface area (Å²) in [7, 11) is 0. The second-order valence-corrected chi connectivity index (χ2v) is 5.74. The van der Waals surface area contributed by atoms with E-state index in [0.717, 1.165) is 5.56 Å². The van der Waals surface area contributed by atoms with Crippen LogP contribution in [0.3, 0.4) is 0 Å². The van der Waals surface area contributed by atoms with Gasteiger partial charge in [0.2, 0.25) is 17.6 Å². The number of carbonyl (C=O) groups excluding carboxylic acids is 1. The summed E-state index contributed by atoms with van der Waals surface area (Å²) in [4.78, 5) is 17.4. The number of amides is 1. The van der Waals surface area contributed by atoms with E-state index in [2.05, 4.69) is 10.1 Å². The Labute approximate surface area is 134 Å². The predicted molar refractivity (Wildman–Crippen MR) is 84.4 cm³/mol. The van der Waals surface area contributed by atoms with Gasteiger partial charge < -0.3 is 10.3 Å². The van der Waals surface area contributed by atoms with E-state index in [4.69, 9.17) is 21.9 Å². The third kappa shape index (κ3) is 4.54. The molecule has 0 spiro atoms. The van der Waals surface area contributed by atoms with Crippen LogP contribution in [-0.2, 0) is 11.2 Å². The Balaban J connectivity index is 2.01. The number of hydrogen-bond donors (Lipinski definition) is 1. The standard InChI is InChI=1S/C15H19ClN4O2/c1-10(2)20(9-13(17)21)7-6-14-18-15(19-22-14)11-4-3-5-12(16)8-11/h3-5,8,10H,6-7,9H2,1-2H3,(H2,17,21). The fraction of sp³-hybridized carbons (Fsp3) is 0.400. The lowest BCUT2D eigenvalue weighted by Gasteiger charge is -2.23. The Morgan fingerprint density at radius 3 is 2.86 bits per heavy atom. The van der Waals surface area contributed by atoms with Crippen LogP contribution in [0.4, 0.5) is 0 Å². The highest BCUT2D eigenvalue weighted by atomic mass is 35.5. The van der Waals surface area contributed by atoms with Gasteiger partial charge in [-0.15, -0.1) is 0 Å². The van der Waals surface area contributed by atoms with Crippen molar-refractivity contribution in [1.82, 2.24) is 15.0 Å². The van der Waals surface area contributed by atoms with Crippen molar-refractivity contribution in [2.24, 2.45) is 5.73 Å². The zero-order valence-corrected chi connectivity index (χ0v) is 13.4. The number of primary amides is 1. The Hall–Kier alpha value is -1.92. The molecule has 0 aliphatic heterocycles. The normalized spacial score (nSPS) is 11.3. The molecule has 2 aromatic rings. The van der Waals surface area contributed by atoms with Gasteiger partial charge in [0.1, 0.15) is 0 Å². The van der Waals surface area contributed by atoms with Crippen LogP contribution in [0, 0.1) is 0 Å². The third-order valence-corrected chi connectivity index (χ3v) is 3.49. The first kappa shape index (κ1) is 16.5. The summed E-state index contributed by atoms with van der Waals surface area (Å²) in [5, 5.41) is 4.58. The molecule has 2 rings (SSSR count). The maximum absolute atomic E-state index is 11.1. The number of hydrogen-bond acceptors (Lipinski definition) is 5. The van der Waals surface area contributed by atoms with Gasteiger partial charge in [-0.05, 0) is 26.0 Å². The van der Waals surface area contributed by atoms with Crippen molar-refractivity contribution in [1.29, 1.82) is 0 Å². The second kappa shape index (κ2) is 7.38. The van der Waals surface area contributed by atoms with Crippen molar-refractivity contribution >= 4 is 17.5 Å². The summed E-state index contributed by atoms with van der Waals surface area (Å²) in [6.07, 6.45) is 0.555. The summed E-state index contributed by atoms with van der Waals surface area (Å²) in [5.41, 5.74) is 6.06. The first-order valence-corrected chi connectivity index (χ1v) is 7.44. The fourth-order valence-corrected chi connectivity index (χ4v) is 2.25. The second-order valence-electron chi connectivity index (χ2n) is 5.30. The molecule has 6 nitrogen and oxygen atoms in total. The number of nitrogens with zero attached hydrogens (tertiary/aromatic N) is 3. The van der Waals surface area contributed by atoms with Crippen LogP contribution in [0.25, 0.3) is 11.4 Å². The maximum atomic E-state index is 11.1. The van der Waals surface area contributed by atoms with Crippen molar-refractivity contribution in [3.63, 3.8) is 0 Å². The first-order chi connectivity index (χ1) is 10.5. The first-order valence-electron chi connectivity index (χ1n) is 7.06. The van der Waals surface area contributed by atoms with Crippen LogP contribution < -0.4 is 5.73 Å². The molecule has 22 heavy (non-hydrogen) atoms. The summed E-state index contributed by atoms with van der Waals surface area (Å²) in [6.45, 7) is 4.85. The molecule has 0 saturated heterocycles. The summed E-state index contributed by atoms with van der Waals surface area (Å²) in [5.74, 6) is 0.674. The largest absolute Gasteiger partial charge is 0.369 e. The van der Waals surface area contributed by atoms with Gasteiger partial charge in [-0.2, -0.15) is 4.98 Å². The number of carbonyl (C=O) groups is 1. The Morgan fingerprint density at radius 1 is 1.45 bits per heavy atom. The molecule has 1 heterocycles. The van der Waals surface area contributed by atoms with Gasteiger partial charge in [0.25, 0.3) is 0 Å². The smallest absolute Gasteiger partial charge is 0.231 e. The molecule has 0 fully saturated rings. The van der Waals surface area contributed by atoms with Crippen molar-refractivity contribution < 1.29 is 9.32 Å². The average molecular weight is 323 g/mol. The van der Waals surface area contributed by atoms with E-state index in [1.165, 1.54) is 0 Å². The summed E-state index contributed by atoms with van der Waals surface area (Å²) >= 11 is 5.95. The van der Waals surface area contributed by atoms with Crippen molar-refractivity contribution in [3.8, 4) is 11.4 Å². The molecule has 1 aromatic heterocycles. The van der Waals surface area contributed by atoms with E-state index in [1.807, 2.05) is 30.9 Å². The number of benzene rings is 1. The molecule has 0 aliphatic rings. The molecule has 118 valence electrons. The molecular formula is C15H19ClN4O2. The van der Waals surface area contributed by atoms with Gasteiger partial charge in [0, 0.05) is 29.6 Å². The van der Waals surface area contributed by atoms with Gasteiger partial charge in [-0.25, -0.2) is 0 Å². The SMILES string of the molecule is CC(C)N(CCc1nc(-c2cccc(Cl)c2)no1)CC(N)=O. The van der Waals surface area contributed by atoms with Gasteiger partial charge >= 0.3 is 0 Å². The van der Waals surface area contributed by atoms with Crippen molar-refractivity contribution in [3.05, 3.63) is 35.2 Å². The highest BCUT2D eigenvalue weighted by Crippen LogP contribution is 2.20.